The molecule has 6 heteroatoms. The number of carbonyl (C=O) groups is 1. The third-order valence-electron chi connectivity index (χ3n) is 4.08. The van der Waals surface area contributed by atoms with Gasteiger partial charge in [0.05, 0.1) is 11.3 Å². The second-order valence-corrected chi connectivity index (χ2v) is 7.05. The van der Waals surface area contributed by atoms with Crippen LogP contribution in [0.2, 0.25) is 0 Å². The zero-order valence-corrected chi connectivity index (χ0v) is 13.7. The minimum atomic E-state index is -4.35. The molecule has 1 N–H and O–H groups in total. The van der Waals surface area contributed by atoms with Crippen LogP contribution in [-0.4, -0.2) is 10.9 Å². The standard InChI is InChI=1S/C18H15F3O2S/c1-10-6-12(18(19,20)21)2-3-15(10)17-5-4-16(24-17)11-7-13(22)9-14(23)8-11/h2-6,9,11,22H,7-8H2,1H3. The first-order valence-corrected chi connectivity index (χ1v) is 8.26. The van der Waals surface area contributed by atoms with Gasteiger partial charge in [-0.1, -0.05) is 6.07 Å². The number of carbonyl (C=O) groups excluding carboxylic acids is 1. The number of alkyl halides is 3. The van der Waals surface area contributed by atoms with E-state index in [9.17, 15) is 23.1 Å². The highest BCUT2D eigenvalue weighted by atomic mass is 32.1. The lowest BCUT2D eigenvalue weighted by atomic mass is 9.91. The maximum absolute atomic E-state index is 12.8. The van der Waals surface area contributed by atoms with Crippen molar-refractivity contribution in [2.75, 3.05) is 0 Å². The van der Waals surface area contributed by atoms with Crippen LogP contribution in [0.25, 0.3) is 10.4 Å². The van der Waals surface area contributed by atoms with E-state index in [1.165, 1.54) is 23.5 Å². The second kappa shape index (κ2) is 6.09. The van der Waals surface area contributed by atoms with Crippen molar-refractivity contribution in [3.63, 3.8) is 0 Å². The van der Waals surface area contributed by atoms with Crippen molar-refractivity contribution >= 4 is 17.1 Å². The van der Waals surface area contributed by atoms with Crippen molar-refractivity contribution in [1.29, 1.82) is 0 Å². The first kappa shape index (κ1) is 16.8. The number of ketones is 1. The maximum Gasteiger partial charge on any atom is 0.416 e. The van der Waals surface area contributed by atoms with Gasteiger partial charge in [0, 0.05) is 34.6 Å². The first-order valence-electron chi connectivity index (χ1n) is 7.44. The zero-order chi connectivity index (χ0) is 17.5. The summed E-state index contributed by atoms with van der Waals surface area (Å²) in [7, 11) is 0. The van der Waals surface area contributed by atoms with Crippen molar-refractivity contribution in [3.8, 4) is 10.4 Å². The molecule has 0 saturated heterocycles. The molecule has 1 unspecified atom stereocenters. The summed E-state index contributed by atoms with van der Waals surface area (Å²) in [6.07, 6.45) is -2.34. The van der Waals surface area contributed by atoms with Gasteiger partial charge >= 0.3 is 6.18 Å². The van der Waals surface area contributed by atoms with Gasteiger partial charge in [0.25, 0.3) is 0 Å². The summed E-state index contributed by atoms with van der Waals surface area (Å²) in [4.78, 5) is 13.4. The lowest BCUT2D eigenvalue weighted by Crippen LogP contribution is -2.11. The predicted molar refractivity (Wildman–Crippen MR) is 87.2 cm³/mol. The minimum absolute atomic E-state index is 0.0731. The quantitative estimate of drug-likeness (QED) is 0.760. The Morgan fingerprint density at radius 1 is 1.17 bits per heavy atom. The fourth-order valence-corrected chi connectivity index (χ4v) is 4.10. The molecule has 1 atom stereocenters. The number of hydrogen-bond acceptors (Lipinski definition) is 3. The monoisotopic (exact) mass is 352 g/mol. The number of hydrogen-bond donors (Lipinski definition) is 1. The molecule has 0 radical (unpaired) electrons. The molecule has 0 aliphatic heterocycles. The molecule has 0 bridgehead atoms. The van der Waals surface area contributed by atoms with Crippen LogP contribution >= 0.6 is 11.3 Å². The summed E-state index contributed by atoms with van der Waals surface area (Å²) in [5, 5.41) is 9.62. The Labute approximate surface area is 141 Å². The van der Waals surface area contributed by atoms with E-state index in [-0.39, 0.29) is 17.5 Å². The lowest BCUT2D eigenvalue weighted by Gasteiger charge is -2.17. The van der Waals surface area contributed by atoms with Crippen LogP contribution in [0.5, 0.6) is 0 Å². The van der Waals surface area contributed by atoms with Crippen molar-refractivity contribution in [1.82, 2.24) is 0 Å². The number of rotatable bonds is 2. The normalized spacial score (nSPS) is 18.6. The zero-order valence-electron chi connectivity index (χ0n) is 12.9. The van der Waals surface area contributed by atoms with Crippen molar-refractivity contribution in [2.45, 2.75) is 31.9 Å². The molecule has 1 aliphatic carbocycles. The van der Waals surface area contributed by atoms with Gasteiger partial charge in [-0.3, -0.25) is 4.79 Å². The lowest BCUT2D eigenvalue weighted by molar-refractivity contribution is -0.137. The highest BCUT2D eigenvalue weighted by Gasteiger charge is 2.31. The van der Waals surface area contributed by atoms with Crippen LogP contribution < -0.4 is 0 Å². The molecule has 0 spiro atoms. The van der Waals surface area contributed by atoms with E-state index in [0.29, 0.717) is 18.4 Å². The molecule has 1 heterocycles. The molecule has 0 fully saturated rings. The predicted octanol–water partition coefficient (Wildman–Crippen LogP) is 5.63. The van der Waals surface area contributed by atoms with Gasteiger partial charge in [-0.25, -0.2) is 0 Å². The summed E-state index contributed by atoms with van der Waals surface area (Å²) >= 11 is 1.45. The third kappa shape index (κ3) is 3.38. The summed E-state index contributed by atoms with van der Waals surface area (Å²) in [5.41, 5.74) is 0.648. The number of allylic oxidation sites excluding steroid dienone is 2. The fourth-order valence-electron chi connectivity index (χ4n) is 2.91. The molecule has 0 amide bonds. The first-order chi connectivity index (χ1) is 11.2. The number of halogens is 3. The minimum Gasteiger partial charge on any atom is -0.512 e. The van der Waals surface area contributed by atoms with Gasteiger partial charge in [0.1, 0.15) is 0 Å². The number of aryl methyl sites for hydroxylation is 1. The van der Waals surface area contributed by atoms with Gasteiger partial charge in [-0.05, 0) is 42.3 Å². The van der Waals surface area contributed by atoms with Crippen molar-refractivity contribution in [2.24, 2.45) is 0 Å². The van der Waals surface area contributed by atoms with Crippen LogP contribution in [-0.2, 0) is 11.0 Å². The smallest absolute Gasteiger partial charge is 0.416 e. The van der Waals surface area contributed by atoms with E-state index in [1.807, 2.05) is 12.1 Å². The molecule has 3 rings (SSSR count). The molecule has 0 saturated carbocycles. The van der Waals surface area contributed by atoms with Crippen LogP contribution in [0, 0.1) is 6.92 Å². The van der Waals surface area contributed by atoms with E-state index in [1.54, 1.807) is 6.92 Å². The van der Waals surface area contributed by atoms with Crippen LogP contribution in [0.15, 0.2) is 42.2 Å². The maximum atomic E-state index is 12.8. The van der Waals surface area contributed by atoms with E-state index in [2.05, 4.69) is 0 Å². The SMILES string of the molecule is Cc1cc(C(F)(F)F)ccc1-c1ccc(C2CC(=O)C=C(O)C2)s1. The number of aliphatic hydroxyl groups excluding tert-OH is 1. The second-order valence-electron chi connectivity index (χ2n) is 5.94. The number of thiophene rings is 1. The van der Waals surface area contributed by atoms with Gasteiger partial charge in [-0.2, -0.15) is 13.2 Å². The van der Waals surface area contributed by atoms with Gasteiger partial charge in [0.15, 0.2) is 5.78 Å². The molecule has 1 aromatic carbocycles. The average Bonchev–Trinajstić information content (AvgIpc) is 2.94. The summed E-state index contributed by atoms with van der Waals surface area (Å²) < 4.78 is 38.3. The fraction of sp³-hybridized carbons (Fsp3) is 0.278. The Balaban J connectivity index is 1.89. The van der Waals surface area contributed by atoms with E-state index >= 15 is 0 Å². The van der Waals surface area contributed by atoms with Crippen molar-refractivity contribution < 1.29 is 23.1 Å². The summed E-state index contributed by atoms with van der Waals surface area (Å²) in [5.74, 6) is -0.0997. The van der Waals surface area contributed by atoms with Gasteiger partial charge in [0.2, 0.25) is 0 Å². The average molecular weight is 352 g/mol. The van der Waals surface area contributed by atoms with Gasteiger partial charge in [-0.15, -0.1) is 11.3 Å². The van der Waals surface area contributed by atoms with Crippen molar-refractivity contribution in [3.05, 3.63) is 58.2 Å². The molecule has 24 heavy (non-hydrogen) atoms. The molecule has 1 aliphatic rings. The van der Waals surface area contributed by atoms with E-state index in [0.717, 1.165) is 27.5 Å². The largest absolute Gasteiger partial charge is 0.512 e. The van der Waals surface area contributed by atoms with E-state index < -0.39 is 11.7 Å². The third-order valence-corrected chi connectivity index (χ3v) is 5.36. The summed E-state index contributed by atoms with van der Waals surface area (Å²) in [6.45, 7) is 1.66. The topological polar surface area (TPSA) is 37.3 Å². The molecular weight excluding hydrogens is 337 g/mol. The van der Waals surface area contributed by atoms with Crippen LogP contribution in [0.4, 0.5) is 13.2 Å². The highest BCUT2D eigenvalue weighted by molar-refractivity contribution is 7.15. The number of aliphatic hydroxyl groups is 1. The van der Waals surface area contributed by atoms with Crippen LogP contribution in [0.1, 0.15) is 34.8 Å². The molecule has 2 nitrogen and oxygen atoms in total. The Morgan fingerprint density at radius 2 is 1.92 bits per heavy atom. The Bertz CT molecular complexity index is 818. The van der Waals surface area contributed by atoms with E-state index in [4.69, 9.17) is 0 Å². The van der Waals surface area contributed by atoms with Crippen LogP contribution in [0.3, 0.4) is 0 Å². The summed E-state index contributed by atoms with van der Waals surface area (Å²) in [6, 6.07) is 7.45. The Kier molecular flexibility index (Phi) is 4.25. The Morgan fingerprint density at radius 3 is 2.54 bits per heavy atom. The Hall–Kier alpha value is -2.08. The highest BCUT2D eigenvalue weighted by Crippen LogP contribution is 2.40. The molecular formula is C18H15F3O2S. The molecule has 2 aromatic rings. The molecule has 1 aromatic heterocycles. The number of benzene rings is 1. The van der Waals surface area contributed by atoms with Gasteiger partial charge < -0.3 is 5.11 Å². The molecule has 126 valence electrons.